The van der Waals surface area contributed by atoms with Crippen LogP contribution < -0.4 is 10.5 Å². The van der Waals surface area contributed by atoms with Crippen molar-refractivity contribution in [3.05, 3.63) is 95.9 Å². The van der Waals surface area contributed by atoms with Gasteiger partial charge in [0, 0.05) is 12.0 Å². The molecule has 36 heavy (non-hydrogen) atoms. The number of nitrogens with zero attached hydrogens (tertiary/aromatic N) is 1. The Morgan fingerprint density at radius 2 is 1.64 bits per heavy atom. The van der Waals surface area contributed by atoms with Gasteiger partial charge in [0.1, 0.15) is 17.6 Å². The SMILES string of the molecule is Cc1oc(-c2ccc(-c3ccccc3)cc2)nc1CCOc1cccc(C(N)C(=O)OCC(C)C)c1. The van der Waals surface area contributed by atoms with Gasteiger partial charge >= 0.3 is 5.97 Å². The van der Waals surface area contributed by atoms with E-state index in [0.717, 1.165) is 22.6 Å². The lowest BCUT2D eigenvalue weighted by Gasteiger charge is -2.14. The van der Waals surface area contributed by atoms with Crippen molar-refractivity contribution in [3.8, 4) is 28.3 Å². The van der Waals surface area contributed by atoms with Gasteiger partial charge in [-0.25, -0.2) is 9.78 Å². The number of carbonyl (C=O) groups is 1. The van der Waals surface area contributed by atoms with E-state index in [1.807, 2.05) is 63.2 Å². The second-order valence-electron chi connectivity index (χ2n) is 9.14. The van der Waals surface area contributed by atoms with Crippen LogP contribution in [0.1, 0.15) is 36.9 Å². The van der Waals surface area contributed by atoms with Gasteiger partial charge in [-0.05, 0) is 53.8 Å². The van der Waals surface area contributed by atoms with Gasteiger partial charge in [-0.2, -0.15) is 0 Å². The van der Waals surface area contributed by atoms with E-state index in [-0.39, 0.29) is 5.92 Å². The van der Waals surface area contributed by atoms with E-state index in [4.69, 9.17) is 19.6 Å². The average molecular weight is 485 g/mol. The van der Waals surface area contributed by atoms with E-state index in [1.165, 1.54) is 5.56 Å². The monoisotopic (exact) mass is 484 g/mol. The summed E-state index contributed by atoms with van der Waals surface area (Å²) in [6.45, 7) is 6.63. The Balaban J connectivity index is 1.35. The lowest BCUT2D eigenvalue weighted by molar-refractivity contribution is -0.146. The first-order valence-electron chi connectivity index (χ1n) is 12.2. The molecule has 0 fully saturated rings. The molecular weight excluding hydrogens is 452 g/mol. The molecule has 6 nitrogen and oxygen atoms in total. The number of ether oxygens (including phenoxy) is 2. The van der Waals surface area contributed by atoms with Crippen molar-refractivity contribution in [2.24, 2.45) is 11.7 Å². The van der Waals surface area contributed by atoms with Crippen molar-refractivity contribution < 1.29 is 18.7 Å². The molecule has 0 aliphatic heterocycles. The highest BCUT2D eigenvalue weighted by atomic mass is 16.5. The first kappa shape index (κ1) is 25.2. The molecule has 186 valence electrons. The molecule has 0 amide bonds. The number of nitrogens with two attached hydrogens (primary N) is 1. The van der Waals surface area contributed by atoms with Gasteiger partial charge in [0.15, 0.2) is 0 Å². The molecule has 0 aliphatic carbocycles. The van der Waals surface area contributed by atoms with Gasteiger partial charge in [0.05, 0.1) is 18.9 Å². The number of oxazole rings is 1. The van der Waals surface area contributed by atoms with Gasteiger partial charge in [-0.3, -0.25) is 0 Å². The maximum Gasteiger partial charge on any atom is 0.327 e. The van der Waals surface area contributed by atoms with E-state index >= 15 is 0 Å². The minimum absolute atomic E-state index is 0.255. The van der Waals surface area contributed by atoms with Crippen molar-refractivity contribution in [1.82, 2.24) is 4.98 Å². The lowest BCUT2D eigenvalue weighted by atomic mass is 10.0. The number of esters is 1. The molecule has 0 spiro atoms. The summed E-state index contributed by atoms with van der Waals surface area (Å²) in [5.74, 6) is 1.81. The van der Waals surface area contributed by atoms with Crippen LogP contribution in [0, 0.1) is 12.8 Å². The van der Waals surface area contributed by atoms with Crippen molar-refractivity contribution in [3.63, 3.8) is 0 Å². The molecule has 1 atom stereocenters. The van der Waals surface area contributed by atoms with Crippen LogP contribution in [0.5, 0.6) is 5.75 Å². The summed E-state index contributed by atoms with van der Waals surface area (Å²) in [7, 11) is 0. The normalized spacial score (nSPS) is 11.9. The summed E-state index contributed by atoms with van der Waals surface area (Å²) in [6, 6.07) is 24.8. The molecule has 0 bridgehead atoms. The van der Waals surface area contributed by atoms with Gasteiger partial charge in [-0.15, -0.1) is 0 Å². The summed E-state index contributed by atoms with van der Waals surface area (Å²) in [5, 5.41) is 0. The Bertz CT molecular complexity index is 1280. The predicted octanol–water partition coefficient (Wildman–Crippen LogP) is 6.14. The van der Waals surface area contributed by atoms with Crippen LogP contribution in [-0.4, -0.2) is 24.2 Å². The Labute approximate surface area is 212 Å². The highest BCUT2D eigenvalue weighted by Crippen LogP contribution is 2.26. The molecule has 2 N–H and O–H groups in total. The van der Waals surface area contributed by atoms with Crippen molar-refractivity contribution in [2.75, 3.05) is 13.2 Å². The first-order valence-corrected chi connectivity index (χ1v) is 12.2. The fraction of sp³-hybridized carbons (Fsp3) is 0.267. The molecule has 6 heteroatoms. The van der Waals surface area contributed by atoms with Gasteiger partial charge in [-0.1, -0.05) is 68.4 Å². The van der Waals surface area contributed by atoms with Crippen molar-refractivity contribution in [1.29, 1.82) is 0 Å². The van der Waals surface area contributed by atoms with Crippen molar-refractivity contribution in [2.45, 2.75) is 33.2 Å². The molecule has 0 aliphatic rings. The third-order valence-corrected chi connectivity index (χ3v) is 5.77. The summed E-state index contributed by atoms with van der Waals surface area (Å²) >= 11 is 0. The predicted molar refractivity (Wildman–Crippen MR) is 140 cm³/mol. The second-order valence-corrected chi connectivity index (χ2v) is 9.14. The molecule has 4 aromatic rings. The van der Waals surface area contributed by atoms with E-state index in [9.17, 15) is 4.79 Å². The number of aryl methyl sites for hydroxylation is 1. The number of aromatic nitrogens is 1. The molecular formula is C30H32N2O4. The first-order chi connectivity index (χ1) is 17.4. The van der Waals surface area contributed by atoms with Crippen LogP contribution in [0.25, 0.3) is 22.6 Å². The van der Waals surface area contributed by atoms with Gasteiger partial charge in [0.25, 0.3) is 0 Å². The number of hydrogen-bond acceptors (Lipinski definition) is 6. The van der Waals surface area contributed by atoms with Crippen LogP contribution in [0.3, 0.4) is 0 Å². The number of hydrogen-bond donors (Lipinski definition) is 1. The highest BCUT2D eigenvalue weighted by molar-refractivity contribution is 5.77. The topological polar surface area (TPSA) is 87.6 Å². The molecule has 1 unspecified atom stereocenters. The minimum atomic E-state index is -0.846. The smallest absolute Gasteiger partial charge is 0.327 e. The third-order valence-electron chi connectivity index (χ3n) is 5.77. The van der Waals surface area contributed by atoms with Crippen LogP contribution >= 0.6 is 0 Å². The van der Waals surface area contributed by atoms with Crippen molar-refractivity contribution >= 4 is 5.97 Å². The average Bonchev–Trinajstić information content (AvgIpc) is 3.27. The molecule has 1 aromatic heterocycles. The van der Waals surface area contributed by atoms with Crippen LogP contribution in [0.15, 0.2) is 83.3 Å². The van der Waals surface area contributed by atoms with Crippen LogP contribution in [-0.2, 0) is 16.0 Å². The fourth-order valence-corrected chi connectivity index (χ4v) is 3.76. The molecule has 0 saturated carbocycles. The summed E-state index contributed by atoms with van der Waals surface area (Å²) < 4.78 is 17.1. The Morgan fingerprint density at radius 1 is 0.944 bits per heavy atom. The number of benzene rings is 3. The number of carbonyl (C=O) groups excluding carboxylic acids is 1. The Hall–Kier alpha value is -3.90. The minimum Gasteiger partial charge on any atom is -0.493 e. The fourth-order valence-electron chi connectivity index (χ4n) is 3.76. The standard InChI is InChI=1S/C30H32N2O4/c1-20(2)19-35-30(33)28(31)25-10-7-11-26(18-25)34-17-16-27-21(3)36-29(32-27)24-14-12-23(13-15-24)22-8-5-4-6-9-22/h4-15,18,20,28H,16-17,19,31H2,1-3H3. The van der Waals surface area contributed by atoms with Crippen LogP contribution in [0.2, 0.25) is 0 Å². The maximum atomic E-state index is 12.2. The Morgan fingerprint density at radius 3 is 2.36 bits per heavy atom. The largest absolute Gasteiger partial charge is 0.493 e. The van der Waals surface area contributed by atoms with Gasteiger partial charge in [0.2, 0.25) is 5.89 Å². The zero-order chi connectivity index (χ0) is 25.5. The molecule has 1 heterocycles. The highest BCUT2D eigenvalue weighted by Gasteiger charge is 2.18. The van der Waals surface area contributed by atoms with Crippen LogP contribution in [0.4, 0.5) is 0 Å². The Kier molecular flexibility index (Phi) is 8.18. The number of rotatable bonds is 10. The van der Waals surface area contributed by atoms with E-state index in [0.29, 0.717) is 36.8 Å². The molecule has 0 saturated heterocycles. The molecule has 0 radical (unpaired) electrons. The molecule has 4 rings (SSSR count). The van der Waals surface area contributed by atoms with E-state index in [2.05, 4.69) is 29.2 Å². The van der Waals surface area contributed by atoms with E-state index < -0.39 is 12.0 Å². The zero-order valence-corrected chi connectivity index (χ0v) is 20.9. The lowest BCUT2D eigenvalue weighted by Crippen LogP contribution is -2.25. The molecule has 3 aromatic carbocycles. The second kappa shape index (κ2) is 11.7. The zero-order valence-electron chi connectivity index (χ0n) is 20.9. The van der Waals surface area contributed by atoms with Gasteiger partial charge < -0.3 is 19.6 Å². The summed E-state index contributed by atoms with van der Waals surface area (Å²) in [4.78, 5) is 16.9. The third kappa shape index (κ3) is 6.40. The van der Waals surface area contributed by atoms with E-state index in [1.54, 1.807) is 12.1 Å². The quantitative estimate of drug-likeness (QED) is 0.272. The summed E-state index contributed by atoms with van der Waals surface area (Å²) in [6.07, 6.45) is 0.587. The maximum absolute atomic E-state index is 12.2. The summed E-state index contributed by atoms with van der Waals surface area (Å²) in [5.41, 5.74) is 10.8.